The summed E-state index contributed by atoms with van der Waals surface area (Å²) in [6.07, 6.45) is 7.44. The van der Waals surface area contributed by atoms with E-state index in [9.17, 15) is 8.78 Å². The summed E-state index contributed by atoms with van der Waals surface area (Å²) >= 11 is 0. The fraction of sp³-hybridized carbons (Fsp3) is 0.571. The second kappa shape index (κ2) is 11.5. The summed E-state index contributed by atoms with van der Waals surface area (Å²) in [6, 6.07) is 13.0. The Morgan fingerprint density at radius 1 is 0.970 bits per heavy atom. The third-order valence-electron chi connectivity index (χ3n) is 6.93. The highest BCUT2D eigenvalue weighted by molar-refractivity contribution is 5.33. The molecule has 1 aliphatic rings. The lowest BCUT2D eigenvalue weighted by atomic mass is 9.74. The van der Waals surface area contributed by atoms with E-state index in [2.05, 4.69) is 55.7 Å². The second-order valence-corrected chi connectivity index (χ2v) is 10.6. The third-order valence-corrected chi connectivity index (χ3v) is 6.93. The minimum Gasteiger partial charge on any atom is -0.329 e. The Labute approximate surface area is 198 Å². The molecule has 2 aromatic carbocycles. The van der Waals surface area contributed by atoms with E-state index in [1.165, 1.54) is 42.5 Å². The molecule has 4 N–H and O–H groups in total. The first-order valence-corrected chi connectivity index (χ1v) is 12.5. The maximum atomic E-state index is 13.7. The van der Waals surface area contributed by atoms with Crippen molar-refractivity contribution in [1.29, 1.82) is 0 Å². The van der Waals surface area contributed by atoms with Gasteiger partial charge in [0.25, 0.3) is 0 Å². The molecule has 1 aliphatic carbocycles. The highest BCUT2D eigenvalue weighted by atomic mass is 19.1. The van der Waals surface area contributed by atoms with E-state index >= 15 is 0 Å². The minimum absolute atomic E-state index is 0.0110. The Hall–Kier alpha value is -1.82. The van der Waals surface area contributed by atoms with Gasteiger partial charge in [-0.25, -0.2) is 8.78 Å². The number of rotatable bonds is 10. The van der Waals surface area contributed by atoms with Gasteiger partial charge in [-0.3, -0.25) is 0 Å². The standard InChI is InChI=1S/C28H41F2N3/c1-27(2,3)22-8-7-9-23(19-22)28(11-5-4-6-12-28)33-14-10-26(32-15-13-31)18-21-16-24(29)20-25(30)17-21/h7-9,16-17,19-20,26,32-33H,4-6,10-15,18,31H2,1-3H3. The van der Waals surface area contributed by atoms with Crippen LogP contribution in [0.25, 0.3) is 0 Å². The van der Waals surface area contributed by atoms with Crippen molar-refractivity contribution in [3.8, 4) is 0 Å². The van der Waals surface area contributed by atoms with Gasteiger partial charge in [0.15, 0.2) is 0 Å². The van der Waals surface area contributed by atoms with Gasteiger partial charge in [-0.2, -0.15) is 0 Å². The number of nitrogens with two attached hydrogens (primary N) is 1. The van der Waals surface area contributed by atoms with Crippen LogP contribution in [0, 0.1) is 11.6 Å². The Bertz CT molecular complexity index is 865. The molecule has 0 aromatic heterocycles. The first-order valence-electron chi connectivity index (χ1n) is 12.5. The number of hydrogen-bond donors (Lipinski definition) is 3. The van der Waals surface area contributed by atoms with Crippen LogP contribution in [0.3, 0.4) is 0 Å². The maximum absolute atomic E-state index is 13.7. The zero-order chi connectivity index (χ0) is 23.9. The zero-order valence-corrected chi connectivity index (χ0v) is 20.5. The summed E-state index contributed by atoms with van der Waals surface area (Å²) in [5.74, 6) is -1.05. The molecule has 1 fully saturated rings. The lowest BCUT2D eigenvalue weighted by molar-refractivity contribution is 0.229. The molecule has 0 radical (unpaired) electrons. The molecule has 0 amide bonds. The van der Waals surface area contributed by atoms with E-state index in [0.717, 1.165) is 31.9 Å². The predicted molar refractivity (Wildman–Crippen MR) is 133 cm³/mol. The van der Waals surface area contributed by atoms with Crippen LogP contribution in [0.15, 0.2) is 42.5 Å². The summed E-state index contributed by atoms with van der Waals surface area (Å²) in [4.78, 5) is 0. The van der Waals surface area contributed by atoms with Gasteiger partial charge < -0.3 is 16.4 Å². The second-order valence-electron chi connectivity index (χ2n) is 10.6. The van der Waals surface area contributed by atoms with Crippen molar-refractivity contribution in [2.45, 2.75) is 82.7 Å². The summed E-state index contributed by atoms with van der Waals surface area (Å²) in [5.41, 5.74) is 9.23. The van der Waals surface area contributed by atoms with Crippen LogP contribution >= 0.6 is 0 Å². The van der Waals surface area contributed by atoms with Crippen molar-refractivity contribution in [3.05, 3.63) is 70.8 Å². The fourth-order valence-corrected chi connectivity index (χ4v) is 5.07. The molecule has 0 saturated heterocycles. The van der Waals surface area contributed by atoms with E-state index in [-0.39, 0.29) is 17.0 Å². The minimum atomic E-state index is -0.527. The summed E-state index contributed by atoms with van der Waals surface area (Å²) in [6.45, 7) is 8.83. The Morgan fingerprint density at radius 3 is 2.30 bits per heavy atom. The molecule has 5 heteroatoms. The van der Waals surface area contributed by atoms with Crippen LogP contribution in [0.4, 0.5) is 8.78 Å². The molecule has 3 rings (SSSR count). The average molecular weight is 458 g/mol. The van der Waals surface area contributed by atoms with E-state index in [1.807, 2.05) is 0 Å². The van der Waals surface area contributed by atoms with Gasteiger partial charge in [0.1, 0.15) is 11.6 Å². The number of nitrogens with one attached hydrogen (secondary N) is 2. The predicted octanol–water partition coefficient (Wildman–Crippen LogP) is 5.56. The molecule has 1 atom stereocenters. The van der Waals surface area contributed by atoms with Gasteiger partial charge in [-0.15, -0.1) is 0 Å². The molecule has 0 spiro atoms. The zero-order valence-electron chi connectivity index (χ0n) is 20.5. The van der Waals surface area contributed by atoms with Crippen molar-refractivity contribution in [3.63, 3.8) is 0 Å². The van der Waals surface area contributed by atoms with Crippen LogP contribution in [0.5, 0.6) is 0 Å². The number of halogens is 2. The average Bonchev–Trinajstić information content (AvgIpc) is 2.77. The third kappa shape index (κ3) is 7.33. The molecule has 1 unspecified atom stereocenters. The molecular formula is C28H41F2N3. The monoisotopic (exact) mass is 457 g/mol. The Morgan fingerprint density at radius 2 is 1.67 bits per heavy atom. The Kier molecular flexibility index (Phi) is 9.02. The van der Waals surface area contributed by atoms with Gasteiger partial charge in [0.05, 0.1) is 0 Å². The fourth-order valence-electron chi connectivity index (χ4n) is 5.07. The highest BCUT2D eigenvalue weighted by Gasteiger charge is 2.34. The molecule has 0 aliphatic heterocycles. The van der Waals surface area contributed by atoms with Gasteiger partial charge >= 0.3 is 0 Å². The number of hydrogen-bond acceptors (Lipinski definition) is 3. The van der Waals surface area contributed by atoms with Crippen LogP contribution < -0.4 is 16.4 Å². The largest absolute Gasteiger partial charge is 0.329 e. The topological polar surface area (TPSA) is 50.1 Å². The van der Waals surface area contributed by atoms with Crippen LogP contribution in [0.1, 0.15) is 76.0 Å². The summed E-state index contributed by atoms with van der Waals surface area (Å²) in [5, 5.41) is 7.39. The first kappa shape index (κ1) is 25.8. The van der Waals surface area contributed by atoms with Crippen molar-refractivity contribution >= 4 is 0 Å². The normalized spacial score (nSPS) is 17.2. The van der Waals surface area contributed by atoms with Crippen molar-refractivity contribution in [2.24, 2.45) is 5.73 Å². The van der Waals surface area contributed by atoms with E-state index < -0.39 is 11.6 Å². The van der Waals surface area contributed by atoms with Gasteiger partial charge in [-0.05, 0) is 66.5 Å². The van der Waals surface area contributed by atoms with E-state index in [0.29, 0.717) is 25.1 Å². The smallest absolute Gasteiger partial charge is 0.126 e. The first-order chi connectivity index (χ1) is 15.7. The quantitative estimate of drug-likeness (QED) is 0.438. The van der Waals surface area contributed by atoms with Gasteiger partial charge in [0.2, 0.25) is 0 Å². The van der Waals surface area contributed by atoms with Crippen LogP contribution in [-0.2, 0) is 17.4 Å². The molecule has 182 valence electrons. The van der Waals surface area contributed by atoms with Gasteiger partial charge in [0, 0.05) is 30.7 Å². The van der Waals surface area contributed by atoms with Crippen LogP contribution in [0.2, 0.25) is 0 Å². The molecule has 0 bridgehead atoms. The number of benzene rings is 2. The van der Waals surface area contributed by atoms with Crippen LogP contribution in [-0.4, -0.2) is 25.7 Å². The van der Waals surface area contributed by atoms with Crippen molar-refractivity contribution in [2.75, 3.05) is 19.6 Å². The van der Waals surface area contributed by atoms with Crippen molar-refractivity contribution < 1.29 is 8.78 Å². The molecule has 33 heavy (non-hydrogen) atoms. The molecular weight excluding hydrogens is 416 g/mol. The highest BCUT2D eigenvalue weighted by Crippen LogP contribution is 2.38. The summed E-state index contributed by atoms with van der Waals surface area (Å²) in [7, 11) is 0. The maximum Gasteiger partial charge on any atom is 0.126 e. The lowest BCUT2D eigenvalue weighted by Gasteiger charge is -2.40. The molecule has 2 aromatic rings. The molecule has 0 heterocycles. The molecule has 3 nitrogen and oxygen atoms in total. The Balaban J connectivity index is 1.72. The summed E-state index contributed by atoms with van der Waals surface area (Å²) < 4.78 is 27.4. The lowest BCUT2D eigenvalue weighted by Crippen LogP contribution is -2.46. The SMILES string of the molecule is CC(C)(C)c1cccc(C2(NCCC(Cc3cc(F)cc(F)c3)NCCN)CCCCC2)c1. The van der Waals surface area contributed by atoms with E-state index in [1.54, 1.807) is 0 Å². The van der Waals surface area contributed by atoms with Gasteiger partial charge in [-0.1, -0.05) is 64.3 Å². The van der Waals surface area contributed by atoms with E-state index in [4.69, 9.17) is 5.73 Å². The molecule has 1 saturated carbocycles. The van der Waals surface area contributed by atoms with Crippen molar-refractivity contribution in [1.82, 2.24) is 10.6 Å².